The first-order valence-corrected chi connectivity index (χ1v) is 9.00. The van der Waals surface area contributed by atoms with Gasteiger partial charge in [0, 0.05) is 19.1 Å². The molecule has 1 aromatic rings. The van der Waals surface area contributed by atoms with E-state index in [0.29, 0.717) is 19.1 Å². The summed E-state index contributed by atoms with van der Waals surface area (Å²) in [5, 5.41) is 12.4. The van der Waals surface area contributed by atoms with Crippen LogP contribution in [-0.4, -0.2) is 41.8 Å². The van der Waals surface area contributed by atoms with Crippen LogP contribution in [-0.2, 0) is 6.42 Å². The quantitative estimate of drug-likeness (QED) is 0.845. The average Bonchev–Trinajstić information content (AvgIpc) is 2.54. The molecule has 0 saturated heterocycles. The highest BCUT2D eigenvalue weighted by atomic mass is 16.3. The third kappa shape index (κ3) is 6.61. The second-order valence-corrected chi connectivity index (χ2v) is 6.44. The van der Waals surface area contributed by atoms with Gasteiger partial charge in [-0.3, -0.25) is 0 Å². The van der Waals surface area contributed by atoms with E-state index >= 15 is 0 Å². The zero-order chi connectivity index (χ0) is 16.3. The van der Waals surface area contributed by atoms with Gasteiger partial charge in [0.2, 0.25) is 0 Å². The number of hydrogen-bond donors (Lipinski definition) is 2. The van der Waals surface area contributed by atoms with Gasteiger partial charge in [-0.05, 0) is 24.8 Å². The fourth-order valence-corrected chi connectivity index (χ4v) is 3.21. The highest BCUT2D eigenvalue weighted by Crippen LogP contribution is 2.17. The molecule has 0 unspecified atom stereocenters. The lowest BCUT2D eigenvalue weighted by atomic mass is 9.97. The maximum absolute atomic E-state index is 12.5. The van der Waals surface area contributed by atoms with E-state index < -0.39 is 0 Å². The van der Waals surface area contributed by atoms with Gasteiger partial charge in [-0.2, -0.15) is 0 Å². The number of benzene rings is 1. The molecule has 23 heavy (non-hydrogen) atoms. The second-order valence-electron chi connectivity index (χ2n) is 6.44. The zero-order valence-corrected chi connectivity index (χ0v) is 14.0. The highest BCUT2D eigenvalue weighted by Gasteiger charge is 2.18. The first-order valence-electron chi connectivity index (χ1n) is 9.00. The van der Waals surface area contributed by atoms with Crippen molar-refractivity contribution in [3.05, 3.63) is 35.9 Å². The van der Waals surface area contributed by atoms with E-state index in [-0.39, 0.29) is 12.6 Å². The molecule has 0 atom stereocenters. The van der Waals surface area contributed by atoms with Crippen molar-refractivity contribution in [3.63, 3.8) is 0 Å². The van der Waals surface area contributed by atoms with Crippen molar-refractivity contribution in [3.8, 4) is 0 Å². The Morgan fingerprint density at radius 3 is 2.35 bits per heavy atom. The predicted molar refractivity (Wildman–Crippen MR) is 93.4 cm³/mol. The number of hydrogen-bond acceptors (Lipinski definition) is 2. The van der Waals surface area contributed by atoms with Crippen LogP contribution in [0.1, 0.15) is 50.5 Å². The molecule has 1 aromatic carbocycles. The molecule has 2 amide bonds. The summed E-state index contributed by atoms with van der Waals surface area (Å²) in [5.74, 6) is 0. The van der Waals surface area contributed by atoms with Gasteiger partial charge in [0.25, 0.3) is 0 Å². The number of nitrogens with one attached hydrogen (secondary N) is 1. The highest BCUT2D eigenvalue weighted by molar-refractivity contribution is 5.74. The molecule has 1 aliphatic carbocycles. The van der Waals surface area contributed by atoms with Crippen molar-refractivity contribution in [2.45, 2.75) is 57.4 Å². The molecule has 0 aliphatic heterocycles. The summed E-state index contributed by atoms with van der Waals surface area (Å²) in [6, 6.07) is 10.4. The second kappa shape index (κ2) is 10.3. The molecule has 2 rings (SSSR count). The normalized spacial score (nSPS) is 16.4. The van der Waals surface area contributed by atoms with Crippen LogP contribution in [0.2, 0.25) is 0 Å². The molecule has 4 nitrogen and oxygen atoms in total. The summed E-state index contributed by atoms with van der Waals surface area (Å²) in [5.41, 5.74) is 1.22. The molecule has 4 heteroatoms. The monoisotopic (exact) mass is 318 g/mol. The zero-order valence-electron chi connectivity index (χ0n) is 14.0. The number of aliphatic hydroxyl groups is 1. The van der Waals surface area contributed by atoms with Crippen molar-refractivity contribution in [2.24, 2.45) is 0 Å². The standard InChI is InChI=1S/C19H30N2O2/c22-16-15-21(14-13-17-9-5-4-6-10-17)19(23)20-18-11-7-2-1-3-8-12-18/h4-6,9-10,18,22H,1-3,7-8,11-16H2,(H,20,23). The van der Waals surface area contributed by atoms with Crippen LogP contribution in [0.25, 0.3) is 0 Å². The lowest BCUT2D eigenvalue weighted by molar-refractivity contribution is 0.172. The van der Waals surface area contributed by atoms with E-state index in [1.54, 1.807) is 4.90 Å². The number of carbonyl (C=O) groups excluding carboxylic acids is 1. The summed E-state index contributed by atoms with van der Waals surface area (Å²) >= 11 is 0. The Kier molecular flexibility index (Phi) is 7.95. The maximum Gasteiger partial charge on any atom is 0.317 e. The summed E-state index contributed by atoms with van der Waals surface area (Å²) in [4.78, 5) is 14.3. The Hall–Kier alpha value is -1.55. The smallest absolute Gasteiger partial charge is 0.317 e. The largest absolute Gasteiger partial charge is 0.395 e. The number of aliphatic hydroxyl groups excluding tert-OH is 1. The van der Waals surface area contributed by atoms with Gasteiger partial charge in [-0.25, -0.2) is 4.79 Å². The first-order chi connectivity index (χ1) is 11.3. The van der Waals surface area contributed by atoms with Crippen LogP contribution < -0.4 is 5.32 Å². The third-order valence-corrected chi connectivity index (χ3v) is 4.60. The van der Waals surface area contributed by atoms with Crippen LogP contribution in [0, 0.1) is 0 Å². The minimum Gasteiger partial charge on any atom is -0.395 e. The van der Waals surface area contributed by atoms with Crippen LogP contribution >= 0.6 is 0 Å². The van der Waals surface area contributed by atoms with Gasteiger partial charge in [0.05, 0.1) is 6.61 Å². The molecule has 0 aromatic heterocycles. The first kappa shape index (κ1) is 17.8. The SMILES string of the molecule is O=C(NC1CCCCCCC1)N(CCO)CCc1ccccc1. The summed E-state index contributed by atoms with van der Waals surface area (Å²) in [6.45, 7) is 1.04. The number of amides is 2. The Morgan fingerprint density at radius 1 is 1.04 bits per heavy atom. The van der Waals surface area contributed by atoms with Crippen molar-refractivity contribution in [2.75, 3.05) is 19.7 Å². The van der Waals surface area contributed by atoms with Gasteiger partial charge in [0.1, 0.15) is 0 Å². The molecular formula is C19H30N2O2. The molecule has 2 N–H and O–H groups in total. The molecule has 0 heterocycles. The van der Waals surface area contributed by atoms with Crippen LogP contribution in [0.15, 0.2) is 30.3 Å². The number of carbonyl (C=O) groups is 1. The van der Waals surface area contributed by atoms with E-state index in [9.17, 15) is 9.90 Å². The van der Waals surface area contributed by atoms with Crippen LogP contribution in [0.4, 0.5) is 4.79 Å². The van der Waals surface area contributed by atoms with Crippen LogP contribution in [0.3, 0.4) is 0 Å². The topological polar surface area (TPSA) is 52.6 Å². The predicted octanol–water partition coefficient (Wildman–Crippen LogP) is 3.35. The molecule has 1 aliphatic rings. The molecule has 1 saturated carbocycles. The number of rotatable bonds is 6. The third-order valence-electron chi connectivity index (χ3n) is 4.60. The number of urea groups is 1. The Labute approximate surface area is 139 Å². The maximum atomic E-state index is 12.5. The van der Waals surface area contributed by atoms with E-state index in [2.05, 4.69) is 17.4 Å². The Bertz CT molecular complexity index is 442. The molecule has 1 fully saturated rings. The van der Waals surface area contributed by atoms with Gasteiger partial charge in [0.15, 0.2) is 0 Å². The van der Waals surface area contributed by atoms with E-state index in [0.717, 1.165) is 19.3 Å². The van der Waals surface area contributed by atoms with Crippen molar-refractivity contribution in [1.82, 2.24) is 10.2 Å². The van der Waals surface area contributed by atoms with Gasteiger partial charge in [-0.1, -0.05) is 62.4 Å². The van der Waals surface area contributed by atoms with Gasteiger partial charge in [-0.15, -0.1) is 0 Å². The van der Waals surface area contributed by atoms with Crippen molar-refractivity contribution < 1.29 is 9.90 Å². The lowest BCUT2D eigenvalue weighted by Crippen LogP contribution is -2.46. The summed E-state index contributed by atoms with van der Waals surface area (Å²) < 4.78 is 0. The summed E-state index contributed by atoms with van der Waals surface area (Å²) in [6.07, 6.45) is 9.27. The van der Waals surface area contributed by atoms with Gasteiger partial charge >= 0.3 is 6.03 Å². The van der Waals surface area contributed by atoms with Crippen molar-refractivity contribution in [1.29, 1.82) is 0 Å². The van der Waals surface area contributed by atoms with Crippen molar-refractivity contribution >= 4 is 6.03 Å². The van der Waals surface area contributed by atoms with E-state index in [1.165, 1.54) is 37.7 Å². The fourth-order valence-electron chi connectivity index (χ4n) is 3.21. The minimum absolute atomic E-state index is 0.00682. The Balaban J connectivity index is 1.84. The molecule has 128 valence electrons. The molecule has 0 spiro atoms. The van der Waals surface area contributed by atoms with E-state index in [4.69, 9.17) is 0 Å². The molecule has 0 bridgehead atoms. The summed E-state index contributed by atoms with van der Waals surface area (Å²) in [7, 11) is 0. The van der Waals surface area contributed by atoms with E-state index in [1.807, 2.05) is 18.2 Å². The number of nitrogens with zero attached hydrogens (tertiary/aromatic N) is 1. The Morgan fingerprint density at radius 2 is 1.70 bits per heavy atom. The fraction of sp³-hybridized carbons (Fsp3) is 0.632. The molecular weight excluding hydrogens is 288 g/mol. The average molecular weight is 318 g/mol. The molecule has 0 radical (unpaired) electrons. The lowest BCUT2D eigenvalue weighted by Gasteiger charge is -2.27. The van der Waals surface area contributed by atoms with Gasteiger partial charge < -0.3 is 15.3 Å². The minimum atomic E-state index is -0.0273. The van der Waals surface area contributed by atoms with Crippen LogP contribution in [0.5, 0.6) is 0 Å².